The summed E-state index contributed by atoms with van der Waals surface area (Å²) in [6.07, 6.45) is 2.13. The fourth-order valence-corrected chi connectivity index (χ4v) is 3.76. The standard InChI is InChI=1S/C18H15BrClF2N3O/c19-10-5-13(21)17(14(22)6-10)18-15(8-12-9-23-2-4-26-12)25-3-1-11(20)7-16(25)24-18/h1,3,5-7,12,23H,2,4,8-9H2/t12-/m0/s1. The normalized spacial score (nSPS) is 17.8. The number of nitrogens with zero attached hydrogens (tertiary/aromatic N) is 2. The Kier molecular flexibility index (Phi) is 4.96. The Morgan fingerprint density at radius 1 is 1.31 bits per heavy atom. The van der Waals surface area contributed by atoms with Crippen molar-refractivity contribution in [1.29, 1.82) is 0 Å². The molecule has 0 saturated carbocycles. The van der Waals surface area contributed by atoms with E-state index in [1.165, 1.54) is 12.1 Å². The van der Waals surface area contributed by atoms with Crippen LogP contribution < -0.4 is 5.32 Å². The van der Waals surface area contributed by atoms with Gasteiger partial charge in [-0.15, -0.1) is 0 Å². The molecular weight excluding hydrogens is 428 g/mol. The fraction of sp³-hybridized carbons (Fsp3) is 0.278. The molecule has 4 rings (SSSR count). The maximum atomic E-state index is 14.6. The third-order valence-corrected chi connectivity index (χ3v) is 5.05. The van der Waals surface area contributed by atoms with E-state index >= 15 is 0 Å². The Hall–Kier alpha value is -1.54. The third kappa shape index (κ3) is 3.36. The summed E-state index contributed by atoms with van der Waals surface area (Å²) in [6.45, 7) is 2.07. The highest BCUT2D eigenvalue weighted by atomic mass is 79.9. The summed E-state index contributed by atoms with van der Waals surface area (Å²) in [5.41, 5.74) is 1.34. The monoisotopic (exact) mass is 441 g/mol. The van der Waals surface area contributed by atoms with Crippen LogP contribution >= 0.6 is 27.5 Å². The van der Waals surface area contributed by atoms with E-state index < -0.39 is 11.6 Å². The Bertz CT molecular complexity index is 949. The molecule has 0 amide bonds. The van der Waals surface area contributed by atoms with Crippen molar-refractivity contribution in [3.63, 3.8) is 0 Å². The number of aromatic nitrogens is 2. The Morgan fingerprint density at radius 2 is 2.08 bits per heavy atom. The van der Waals surface area contributed by atoms with Gasteiger partial charge in [0.25, 0.3) is 0 Å². The highest BCUT2D eigenvalue weighted by Crippen LogP contribution is 2.33. The van der Waals surface area contributed by atoms with Gasteiger partial charge < -0.3 is 14.5 Å². The number of pyridine rings is 1. The largest absolute Gasteiger partial charge is 0.375 e. The molecule has 136 valence electrons. The lowest BCUT2D eigenvalue weighted by Crippen LogP contribution is -2.39. The van der Waals surface area contributed by atoms with Gasteiger partial charge in [-0.05, 0) is 18.2 Å². The molecule has 1 fully saturated rings. The van der Waals surface area contributed by atoms with Crippen molar-refractivity contribution in [3.8, 4) is 11.3 Å². The van der Waals surface area contributed by atoms with Crippen LogP contribution in [-0.4, -0.2) is 35.2 Å². The van der Waals surface area contributed by atoms with Crippen LogP contribution in [0, 0.1) is 11.6 Å². The molecule has 26 heavy (non-hydrogen) atoms. The van der Waals surface area contributed by atoms with Gasteiger partial charge in [0.15, 0.2) is 0 Å². The Morgan fingerprint density at radius 3 is 2.77 bits per heavy atom. The zero-order valence-electron chi connectivity index (χ0n) is 13.6. The van der Waals surface area contributed by atoms with Gasteiger partial charge in [-0.2, -0.15) is 0 Å². The minimum absolute atomic E-state index is 0.0975. The van der Waals surface area contributed by atoms with Gasteiger partial charge in [-0.1, -0.05) is 27.5 Å². The first-order chi connectivity index (χ1) is 12.5. The first-order valence-electron chi connectivity index (χ1n) is 8.16. The van der Waals surface area contributed by atoms with Crippen LogP contribution in [0.15, 0.2) is 34.9 Å². The summed E-state index contributed by atoms with van der Waals surface area (Å²) in [6, 6.07) is 5.86. The van der Waals surface area contributed by atoms with Gasteiger partial charge in [0.1, 0.15) is 17.3 Å². The van der Waals surface area contributed by atoms with Crippen LogP contribution in [0.4, 0.5) is 8.78 Å². The van der Waals surface area contributed by atoms with Crippen LogP contribution in [0.3, 0.4) is 0 Å². The van der Waals surface area contributed by atoms with Gasteiger partial charge >= 0.3 is 0 Å². The highest BCUT2D eigenvalue weighted by molar-refractivity contribution is 9.10. The van der Waals surface area contributed by atoms with Crippen molar-refractivity contribution >= 4 is 33.2 Å². The Balaban J connectivity index is 1.89. The van der Waals surface area contributed by atoms with Crippen LogP contribution in [0.5, 0.6) is 0 Å². The Labute approximate surface area is 162 Å². The van der Waals surface area contributed by atoms with Crippen LogP contribution in [0.2, 0.25) is 5.02 Å². The molecule has 2 aromatic heterocycles. The molecule has 3 heterocycles. The van der Waals surface area contributed by atoms with Crippen molar-refractivity contribution in [3.05, 3.63) is 57.3 Å². The van der Waals surface area contributed by atoms with Crippen molar-refractivity contribution in [2.24, 2.45) is 0 Å². The van der Waals surface area contributed by atoms with Crippen LogP contribution in [-0.2, 0) is 11.2 Å². The minimum Gasteiger partial charge on any atom is -0.375 e. The number of rotatable bonds is 3. The van der Waals surface area contributed by atoms with E-state index in [1.54, 1.807) is 22.7 Å². The molecule has 1 aliphatic rings. The van der Waals surface area contributed by atoms with Gasteiger partial charge in [-0.3, -0.25) is 0 Å². The molecule has 3 aromatic rings. The van der Waals surface area contributed by atoms with Crippen molar-refractivity contribution in [2.45, 2.75) is 12.5 Å². The molecule has 0 aliphatic carbocycles. The number of halogens is 4. The smallest absolute Gasteiger partial charge is 0.139 e. The average molecular weight is 443 g/mol. The molecule has 8 heteroatoms. The lowest BCUT2D eigenvalue weighted by molar-refractivity contribution is 0.0286. The van der Waals surface area contributed by atoms with Crippen molar-refractivity contribution < 1.29 is 13.5 Å². The number of benzene rings is 1. The molecule has 1 aromatic carbocycles. The van der Waals surface area contributed by atoms with Crippen molar-refractivity contribution in [1.82, 2.24) is 14.7 Å². The molecule has 1 aliphatic heterocycles. The second kappa shape index (κ2) is 7.23. The molecule has 0 spiro atoms. The first kappa shape index (κ1) is 17.9. The van der Waals surface area contributed by atoms with E-state index in [2.05, 4.69) is 26.2 Å². The van der Waals surface area contributed by atoms with E-state index in [4.69, 9.17) is 16.3 Å². The van der Waals surface area contributed by atoms with Crippen molar-refractivity contribution in [2.75, 3.05) is 19.7 Å². The molecule has 1 N–H and O–H groups in total. The van der Waals surface area contributed by atoms with E-state index in [0.29, 0.717) is 40.4 Å². The zero-order chi connectivity index (χ0) is 18.3. The summed E-state index contributed by atoms with van der Waals surface area (Å²) in [5.74, 6) is -1.34. The topological polar surface area (TPSA) is 38.6 Å². The number of imidazole rings is 1. The number of ether oxygens (including phenoxy) is 1. The number of nitrogens with one attached hydrogen (secondary N) is 1. The fourth-order valence-electron chi connectivity index (χ4n) is 3.20. The summed E-state index contributed by atoms with van der Waals surface area (Å²) in [4.78, 5) is 4.47. The molecule has 1 saturated heterocycles. The number of hydrogen-bond acceptors (Lipinski definition) is 3. The van der Waals surface area contributed by atoms with E-state index in [9.17, 15) is 8.78 Å². The predicted molar refractivity (Wildman–Crippen MR) is 99.6 cm³/mol. The average Bonchev–Trinajstić information content (AvgIpc) is 2.92. The summed E-state index contributed by atoms with van der Waals surface area (Å²) >= 11 is 9.17. The third-order valence-electron chi connectivity index (χ3n) is 4.36. The predicted octanol–water partition coefficient (Wildman–Crippen LogP) is 4.23. The van der Waals surface area contributed by atoms with E-state index in [1.807, 2.05) is 0 Å². The molecule has 0 radical (unpaired) electrons. The molecule has 4 nitrogen and oxygen atoms in total. The number of hydrogen-bond donors (Lipinski definition) is 1. The molecular formula is C18H15BrClF2N3O. The van der Waals surface area contributed by atoms with Gasteiger partial charge in [-0.25, -0.2) is 13.8 Å². The SMILES string of the molecule is Fc1cc(Br)cc(F)c1-c1nc2cc(Cl)ccn2c1C[C@H]1CNCCO1. The van der Waals surface area contributed by atoms with Gasteiger partial charge in [0.2, 0.25) is 0 Å². The molecule has 0 bridgehead atoms. The van der Waals surface area contributed by atoms with Crippen LogP contribution in [0.1, 0.15) is 5.69 Å². The number of morpholine rings is 1. The summed E-state index contributed by atoms with van der Waals surface area (Å²) in [5, 5.41) is 3.77. The molecule has 0 unspecified atom stereocenters. The highest BCUT2D eigenvalue weighted by Gasteiger charge is 2.24. The maximum absolute atomic E-state index is 14.6. The lowest BCUT2D eigenvalue weighted by Gasteiger charge is -2.24. The number of fused-ring (bicyclic) bond motifs is 1. The minimum atomic E-state index is -0.671. The second-order valence-corrected chi connectivity index (χ2v) is 7.48. The van der Waals surface area contributed by atoms with Gasteiger partial charge in [0.05, 0.1) is 29.7 Å². The zero-order valence-corrected chi connectivity index (χ0v) is 15.9. The quantitative estimate of drug-likeness (QED) is 0.660. The first-order valence-corrected chi connectivity index (χ1v) is 9.34. The second-order valence-electron chi connectivity index (χ2n) is 6.13. The molecule has 1 atom stereocenters. The summed E-state index contributed by atoms with van der Waals surface area (Å²) in [7, 11) is 0. The van der Waals surface area contributed by atoms with Gasteiger partial charge in [0, 0.05) is 41.3 Å². The van der Waals surface area contributed by atoms with Crippen LogP contribution in [0.25, 0.3) is 16.9 Å². The maximum Gasteiger partial charge on any atom is 0.139 e. The lowest BCUT2D eigenvalue weighted by atomic mass is 10.0. The summed E-state index contributed by atoms with van der Waals surface area (Å²) < 4.78 is 37.1. The van der Waals surface area contributed by atoms with E-state index in [0.717, 1.165) is 6.54 Å². The van der Waals surface area contributed by atoms with E-state index in [-0.39, 0.29) is 17.4 Å².